The van der Waals surface area contributed by atoms with Gasteiger partial charge in [0.25, 0.3) is 0 Å². The van der Waals surface area contributed by atoms with Crippen LogP contribution in [0.25, 0.3) is 0 Å². The summed E-state index contributed by atoms with van der Waals surface area (Å²) < 4.78 is 26.6. The van der Waals surface area contributed by atoms with Crippen LogP contribution in [0.3, 0.4) is 0 Å². The molecule has 2 aromatic rings. The molecule has 1 aliphatic carbocycles. The molecule has 38 heavy (non-hydrogen) atoms. The molecule has 1 fully saturated rings. The standard InChI is InChI=1S/C29H39N3O5S/c1-5-27(29(35)30-25-11-7-6-8-12-25)31(19-23-16-14-21(2)15-17-23)28(34)20-32(38(4,36)37)26-13-9-10-24(18-26)22(3)33/h9-10,13-18,25,27H,5-8,11-12,19-20H2,1-4H3,(H,30,35)/t27-/m0/s1. The maximum absolute atomic E-state index is 13.8. The van der Waals surface area contributed by atoms with E-state index < -0.39 is 28.5 Å². The number of aryl methyl sites for hydroxylation is 1. The smallest absolute Gasteiger partial charge is 0.244 e. The first-order valence-corrected chi connectivity index (χ1v) is 15.1. The fraction of sp³-hybridized carbons (Fsp3) is 0.483. The Kier molecular flexibility index (Phi) is 10.1. The third kappa shape index (κ3) is 7.90. The normalized spacial score (nSPS) is 14.9. The van der Waals surface area contributed by atoms with Gasteiger partial charge in [-0.25, -0.2) is 8.42 Å². The van der Waals surface area contributed by atoms with Crippen molar-refractivity contribution < 1.29 is 22.8 Å². The molecule has 0 aliphatic heterocycles. The van der Waals surface area contributed by atoms with Gasteiger partial charge in [0.15, 0.2) is 5.78 Å². The minimum Gasteiger partial charge on any atom is -0.352 e. The van der Waals surface area contributed by atoms with Crippen molar-refractivity contribution in [2.75, 3.05) is 17.1 Å². The second kappa shape index (κ2) is 13.0. The topological polar surface area (TPSA) is 104 Å². The molecule has 206 valence electrons. The maximum atomic E-state index is 13.8. The van der Waals surface area contributed by atoms with E-state index in [1.165, 1.54) is 17.9 Å². The van der Waals surface area contributed by atoms with Crippen LogP contribution < -0.4 is 9.62 Å². The van der Waals surface area contributed by atoms with E-state index in [2.05, 4.69) is 5.32 Å². The molecule has 0 aromatic heterocycles. The van der Waals surface area contributed by atoms with Crippen LogP contribution >= 0.6 is 0 Å². The number of ketones is 1. The predicted molar refractivity (Wildman–Crippen MR) is 149 cm³/mol. The molecular weight excluding hydrogens is 502 g/mol. The summed E-state index contributed by atoms with van der Waals surface area (Å²) in [4.78, 5) is 40.7. The molecule has 0 heterocycles. The zero-order chi connectivity index (χ0) is 27.9. The molecule has 0 bridgehead atoms. The van der Waals surface area contributed by atoms with Crippen molar-refractivity contribution in [1.82, 2.24) is 10.2 Å². The highest BCUT2D eigenvalue weighted by atomic mass is 32.2. The Bertz CT molecular complexity index is 1240. The number of hydrogen-bond acceptors (Lipinski definition) is 5. The first-order chi connectivity index (χ1) is 18.0. The van der Waals surface area contributed by atoms with Gasteiger partial charge in [-0.2, -0.15) is 0 Å². The van der Waals surface area contributed by atoms with Crippen LogP contribution in [0.5, 0.6) is 0 Å². The Hall–Kier alpha value is -3.20. The molecule has 2 amide bonds. The third-order valence-electron chi connectivity index (χ3n) is 7.03. The molecule has 1 N–H and O–H groups in total. The van der Waals surface area contributed by atoms with Crippen molar-refractivity contribution in [3.63, 3.8) is 0 Å². The van der Waals surface area contributed by atoms with Crippen LogP contribution in [-0.2, 0) is 26.2 Å². The second-order valence-electron chi connectivity index (χ2n) is 10.2. The number of benzene rings is 2. The molecule has 0 saturated heterocycles. The summed E-state index contributed by atoms with van der Waals surface area (Å²) >= 11 is 0. The summed E-state index contributed by atoms with van der Waals surface area (Å²) in [5.74, 6) is -0.919. The van der Waals surface area contributed by atoms with E-state index in [9.17, 15) is 22.8 Å². The average molecular weight is 542 g/mol. The molecule has 1 aliphatic rings. The number of hydrogen-bond donors (Lipinski definition) is 1. The highest BCUT2D eigenvalue weighted by Crippen LogP contribution is 2.22. The molecule has 0 unspecified atom stereocenters. The summed E-state index contributed by atoms with van der Waals surface area (Å²) in [5.41, 5.74) is 2.49. The van der Waals surface area contributed by atoms with Crippen molar-refractivity contribution in [1.29, 1.82) is 0 Å². The van der Waals surface area contributed by atoms with Gasteiger partial charge in [-0.15, -0.1) is 0 Å². The molecule has 2 aromatic carbocycles. The Morgan fingerprint density at radius 1 is 1.03 bits per heavy atom. The zero-order valence-corrected chi connectivity index (χ0v) is 23.6. The summed E-state index contributed by atoms with van der Waals surface area (Å²) in [7, 11) is -3.87. The molecule has 1 atom stereocenters. The van der Waals surface area contributed by atoms with Crippen LogP contribution in [-0.4, -0.2) is 55.8 Å². The lowest BCUT2D eigenvalue weighted by Crippen LogP contribution is -2.53. The van der Waals surface area contributed by atoms with Gasteiger partial charge < -0.3 is 10.2 Å². The monoisotopic (exact) mass is 541 g/mol. The lowest BCUT2D eigenvalue weighted by atomic mass is 9.95. The highest BCUT2D eigenvalue weighted by molar-refractivity contribution is 7.92. The molecule has 0 spiro atoms. The lowest BCUT2D eigenvalue weighted by Gasteiger charge is -2.34. The number of Topliss-reactive ketones (excluding diaryl/α,β-unsaturated/α-hetero) is 1. The predicted octanol–water partition coefficient (Wildman–Crippen LogP) is 4.22. The average Bonchev–Trinajstić information content (AvgIpc) is 2.88. The SMILES string of the molecule is CC[C@@H](C(=O)NC1CCCCC1)N(Cc1ccc(C)cc1)C(=O)CN(c1cccc(C(C)=O)c1)S(C)(=O)=O. The first-order valence-electron chi connectivity index (χ1n) is 13.2. The van der Waals surface area contributed by atoms with Crippen LogP contribution in [0, 0.1) is 6.92 Å². The van der Waals surface area contributed by atoms with Gasteiger partial charge in [-0.05, 0) is 50.8 Å². The van der Waals surface area contributed by atoms with E-state index in [1.54, 1.807) is 18.2 Å². The van der Waals surface area contributed by atoms with E-state index in [-0.39, 0.29) is 30.0 Å². The molecule has 0 radical (unpaired) electrons. The van der Waals surface area contributed by atoms with Crippen molar-refractivity contribution >= 4 is 33.3 Å². The van der Waals surface area contributed by atoms with Crippen LogP contribution in [0.15, 0.2) is 48.5 Å². The molecule has 1 saturated carbocycles. The van der Waals surface area contributed by atoms with E-state index in [0.717, 1.165) is 53.8 Å². The largest absolute Gasteiger partial charge is 0.352 e. The number of sulfonamides is 1. The van der Waals surface area contributed by atoms with Crippen molar-refractivity contribution in [3.8, 4) is 0 Å². The van der Waals surface area contributed by atoms with Crippen LogP contribution in [0.1, 0.15) is 73.9 Å². The van der Waals surface area contributed by atoms with Gasteiger partial charge >= 0.3 is 0 Å². The van der Waals surface area contributed by atoms with Crippen molar-refractivity contribution in [2.45, 2.75) is 77.9 Å². The molecule has 3 rings (SSSR count). The Labute approximate surface area is 226 Å². The number of carbonyl (C=O) groups excluding carboxylic acids is 3. The second-order valence-corrected chi connectivity index (χ2v) is 12.1. The Balaban J connectivity index is 1.93. The number of nitrogens with zero attached hydrogens (tertiary/aromatic N) is 2. The summed E-state index contributed by atoms with van der Waals surface area (Å²) in [6.07, 6.45) is 6.54. The summed E-state index contributed by atoms with van der Waals surface area (Å²) in [6.45, 7) is 4.90. The fourth-order valence-electron chi connectivity index (χ4n) is 4.85. The van der Waals surface area contributed by atoms with Crippen molar-refractivity contribution in [3.05, 3.63) is 65.2 Å². The summed E-state index contributed by atoms with van der Waals surface area (Å²) in [6, 6.07) is 13.2. The van der Waals surface area contributed by atoms with Gasteiger partial charge in [0.05, 0.1) is 11.9 Å². The van der Waals surface area contributed by atoms with Gasteiger partial charge in [0, 0.05) is 18.2 Å². The Morgan fingerprint density at radius 2 is 1.68 bits per heavy atom. The minimum absolute atomic E-state index is 0.0865. The number of nitrogens with one attached hydrogen (secondary N) is 1. The summed E-state index contributed by atoms with van der Waals surface area (Å²) in [5, 5.41) is 3.13. The number of amides is 2. The quantitative estimate of drug-likeness (QED) is 0.429. The van der Waals surface area contributed by atoms with Crippen LogP contribution in [0.2, 0.25) is 0 Å². The zero-order valence-electron chi connectivity index (χ0n) is 22.8. The number of rotatable bonds is 11. The van der Waals surface area contributed by atoms with E-state index in [4.69, 9.17) is 0 Å². The van der Waals surface area contributed by atoms with Gasteiger partial charge in [0.2, 0.25) is 21.8 Å². The van der Waals surface area contributed by atoms with E-state index >= 15 is 0 Å². The first kappa shape index (κ1) is 29.4. The molecular formula is C29H39N3O5S. The molecule has 8 nitrogen and oxygen atoms in total. The Morgan fingerprint density at radius 3 is 2.26 bits per heavy atom. The minimum atomic E-state index is -3.87. The lowest BCUT2D eigenvalue weighted by molar-refractivity contribution is -0.140. The van der Waals surface area contributed by atoms with Gasteiger partial charge in [-0.1, -0.05) is 68.1 Å². The highest BCUT2D eigenvalue weighted by Gasteiger charge is 2.33. The van der Waals surface area contributed by atoms with Gasteiger partial charge in [0.1, 0.15) is 12.6 Å². The maximum Gasteiger partial charge on any atom is 0.244 e. The number of carbonyl (C=O) groups is 3. The number of anilines is 1. The van der Waals surface area contributed by atoms with Gasteiger partial charge in [-0.3, -0.25) is 18.7 Å². The fourth-order valence-corrected chi connectivity index (χ4v) is 5.69. The van der Waals surface area contributed by atoms with E-state index in [0.29, 0.717) is 12.0 Å². The molecule has 9 heteroatoms. The third-order valence-corrected chi connectivity index (χ3v) is 8.17. The van der Waals surface area contributed by atoms with Crippen molar-refractivity contribution in [2.24, 2.45) is 0 Å². The van der Waals surface area contributed by atoms with Crippen LogP contribution in [0.4, 0.5) is 5.69 Å². The van der Waals surface area contributed by atoms with E-state index in [1.807, 2.05) is 38.1 Å².